The molecule has 0 bridgehead atoms. The number of likely N-dealkylation sites (tertiary alicyclic amines) is 1. The second-order valence-electron chi connectivity index (χ2n) is 7.47. The summed E-state index contributed by atoms with van der Waals surface area (Å²) in [6, 6.07) is 0.812. The van der Waals surface area contributed by atoms with E-state index in [1.54, 1.807) is 0 Å². The largest absolute Gasteiger partial charge is 0.313 e. The van der Waals surface area contributed by atoms with Gasteiger partial charge in [-0.05, 0) is 24.2 Å². The van der Waals surface area contributed by atoms with Crippen molar-refractivity contribution in [2.24, 2.45) is 11.3 Å². The molecule has 1 aliphatic heterocycles. The first-order valence-electron chi connectivity index (χ1n) is 8.01. The van der Waals surface area contributed by atoms with Crippen molar-refractivity contribution >= 4 is 0 Å². The molecule has 2 heteroatoms. The van der Waals surface area contributed by atoms with Gasteiger partial charge in [-0.15, -0.1) is 0 Å². The number of hydrogen-bond acceptors (Lipinski definition) is 2. The molecule has 0 atom stereocenters. The summed E-state index contributed by atoms with van der Waals surface area (Å²) in [6.45, 7) is 12.2. The molecule has 0 radical (unpaired) electrons. The fourth-order valence-electron chi connectivity index (χ4n) is 3.21. The Morgan fingerprint density at radius 1 is 1.00 bits per heavy atom. The average Bonchev–Trinajstić information content (AvgIpc) is 2.47. The summed E-state index contributed by atoms with van der Waals surface area (Å²) in [7, 11) is 0. The van der Waals surface area contributed by atoms with Gasteiger partial charge in [0.2, 0.25) is 0 Å². The van der Waals surface area contributed by atoms with Gasteiger partial charge in [0.25, 0.3) is 0 Å². The highest BCUT2D eigenvalue weighted by molar-refractivity contribution is 4.88. The van der Waals surface area contributed by atoms with Crippen LogP contribution in [-0.2, 0) is 0 Å². The summed E-state index contributed by atoms with van der Waals surface area (Å²) in [6.07, 6.45) is 8.60. The van der Waals surface area contributed by atoms with Gasteiger partial charge in [-0.3, -0.25) is 0 Å². The third kappa shape index (κ3) is 4.24. The van der Waals surface area contributed by atoms with E-state index >= 15 is 0 Å². The van der Waals surface area contributed by atoms with Crippen molar-refractivity contribution in [2.45, 2.75) is 65.3 Å². The predicted molar refractivity (Wildman–Crippen MR) is 78.9 cm³/mol. The molecule has 18 heavy (non-hydrogen) atoms. The van der Waals surface area contributed by atoms with E-state index in [1.807, 2.05) is 0 Å². The second-order valence-corrected chi connectivity index (χ2v) is 7.47. The molecule has 1 aliphatic carbocycles. The molecule has 0 unspecified atom stereocenters. The summed E-state index contributed by atoms with van der Waals surface area (Å²) < 4.78 is 0. The van der Waals surface area contributed by atoms with Crippen LogP contribution in [-0.4, -0.2) is 37.1 Å². The van der Waals surface area contributed by atoms with Crippen molar-refractivity contribution in [3.05, 3.63) is 0 Å². The molecule has 1 heterocycles. The van der Waals surface area contributed by atoms with E-state index < -0.39 is 0 Å². The van der Waals surface area contributed by atoms with E-state index in [2.05, 4.69) is 31.0 Å². The third-order valence-electron chi connectivity index (χ3n) is 4.90. The molecule has 2 nitrogen and oxygen atoms in total. The Morgan fingerprint density at radius 3 is 2.17 bits per heavy atom. The molecule has 0 spiro atoms. The van der Waals surface area contributed by atoms with E-state index in [-0.39, 0.29) is 0 Å². The molecule has 2 rings (SSSR count). The Hall–Kier alpha value is -0.0800. The minimum atomic E-state index is 0.505. The van der Waals surface area contributed by atoms with Crippen LogP contribution < -0.4 is 5.32 Å². The molecule has 1 saturated carbocycles. The highest BCUT2D eigenvalue weighted by atomic mass is 15.2. The number of nitrogens with one attached hydrogen (secondary N) is 1. The normalized spacial score (nSPS) is 24.8. The molecule has 0 amide bonds. The fourth-order valence-corrected chi connectivity index (χ4v) is 3.21. The van der Waals surface area contributed by atoms with Gasteiger partial charge < -0.3 is 10.2 Å². The van der Waals surface area contributed by atoms with Crippen molar-refractivity contribution in [3.63, 3.8) is 0 Å². The van der Waals surface area contributed by atoms with Gasteiger partial charge in [0.1, 0.15) is 0 Å². The summed E-state index contributed by atoms with van der Waals surface area (Å²) in [5, 5.41) is 3.77. The summed E-state index contributed by atoms with van der Waals surface area (Å²) in [5.74, 6) is 0.912. The van der Waals surface area contributed by atoms with Crippen molar-refractivity contribution in [1.82, 2.24) is 10.2 Å². The van der Waals surface area contributed by atoms with Crippen LogP contribution >= 0.6 is 0 Å². The average molecular weight is 252 g/mol. The lowest BCUT2D eigenvalue weighted by Crippen LogP contribution is -2.54. The van der Waals surface area contributed by atoms with Crippen molar-refractivity contribution in [3.8, 4) is 0 Å². The first-order valence-corrected chi connectivity index (χ1v) is 8.01. The molecule has 0 aromatic carbocycles. The minimum Gasteiger partial charge on any atom is -0.313 e. The van der Waals surface area contributed by atoms with Gasteiger partial charge in [-0.25, -0.2) is 0 Å². The zero-order valence-electron chi connectivity index (χ0n) is 12.7. The SMILES string of the molecule is CC(C)(C)C1CN(CCNC2CCCCCC2)C1. The van der Waals surface area contributed by atoms with E-state index in [0.717, 1.165) is 12.0 Å². The van der Waals surface area contributed by atoms with Crippen LogP contribution in [0.4, 0.5) is 0 Å². The molecule has 1 saturated heterocycles. The van der Waals surface area contributed by atoms with E-state index in [1.165, 1.54) is 64.7 Å². The fraction of sp³-hybridized carbons (Fsp3) is 1.00. The molecule has 2 fully saturated rings. The Bertz CT molecular complexity index is 230. The van der Waals surface area contributed by atoms with E-state index in [9.17, 15) is 0 Å². The van der Waals surface area contributed by atoms with Crippen LogP contribution in [0.1, 0.15) is 59.3 Å². The Labute approximate surface area is 114 Å². The number of hydrogen-bond donors (Lipinski definition) is 1. The lowest BCUT2D eigenvalue weighted by molar-refractivity contribution is 0.0254. The summed E-state index contributed by atoms with van der Waals surface area (Å²) in [4.78, 5) is 2.61. The van der Waals surface area contributed by atoms with Crippen molar-refractivity contribution < 1.29 is 0 Å². The first-order chi connectivity index (χ1) is 8.55. The maximum absolute atomic E-state index is 3.77. The summed E-state index contributed by atoms with van der Waals surface area (Å²) >= 11 is 0. The molecule has 2 aliphatic rings. The molecule has 0 aromatic heterocycles. The zero-order chi connectivity index (χ0) is 13.0. The van der Waals surface area contributed by atoms with E-state index in [0.29, 0.717) is 5.41 Å². The van der Waals surface area contributed by atoms with Crippen LogP contribution in [0.15, 0.2) is 0 Å². The maximum Gasteiger partial charge on any atom is 0.0107 e. The predicted octanol–water partition coefficient (Wildman–Crippen LogP) is 3.28. The number of nitrogens with zero attached hydrogens (tertiary/aromatic N) is 1. The van der Waals surface area contributed by atoms with Crippen molar-refractivity contribution in [2.75, 3.05) is 26.2 Å². The van der Waals surface area contributed by atoms with Crippen LogP contribution in [0.2, 0.25) is 0 Å². The summed E-state index contributed by atoms with van der Waals surface area (Å²) in [5.41, 5.74) is 0.505. The smallest absolute Gasteiger partial charge is 0.0107 e. The second kappa shape index (κ2) is 6.38. The third-order valence-corrected chi connectivity index (χ3v) is 4.90. The van der Waals surface area contributed by atoms with Crippen LogP contribution in [0.5, 0.6) is 0 Å². The quantitative estimate of drug-likeness (QED) is 0.773. The lowest BCUT2D eigenvalue weighted by Gasteiger charge is -2.46. The van der Waals surface area contributed by atoms with Crippen LogP contribution in [0.25, 0.3) is 0 Å². The maximum atomic E-state index is 3.77. The highest BCUT2D eigenvalue weighted by Crippen LogP contribution is 2.33. The van der Waals surface area contributed by atoms with Gasteiger partial charge in [-0.2, -0.15) is 0 Å². The molecule has 0 aromatic rings. The Balaban J connectivity index is 1.54. The van der Waals surface area contributed by atoms with Crippen LogP contribution in [0, 0.1) is 11.3 Å². The van der Waals surface area contributed by atoms with Gasteiger partial charge in [-0.1, -0.05) is 46.5 Å². The van der Waals surface area contributed by atoms with Crippen LogP contribution in [0.3, 0.4) is 0 Å². The minimum absolute atomic E-state index is 0.505. The molecular formula is C16H32N2. The molecular weight excluding hydrogens is 220 g/mol. The van der Waals surface area contributed by atoms with E-state index in [4.69, 9.17) is 0 Å². The van der Waals surface area contributed by atoms with Crippen molar-refractivity contribution in [1.29, 1.82) is 0 Å². The van der Waals surface area contributed by atoms with Gasteiger partial charge in [0.15, 0.2) is 0 Å². The van der Waals surface area contributed by atoms with Gasteiger partial charge in [0, 0.05) is 32.2 Å². The standard InChI is InChI=1S/C16H32N2/c1-16(2,3)14-12-18(13-14)11-10-17-15-8-6-4-5-7-9-15/h14-15,17H,4-13H2,1-3H3. The van der Waals surface area contributed by atoms with Gasteiger partial charge in [0.05, 0.1) is 0 Å². The number of rotatable bonds is 4. The molecule has 106 valence electrons. The zero-order valence-corrected chi connectivity index (χ0v) is 12.7. The highest BCUT2D eigenvalue weighted by Gasteiger charge is 2.35. The van der Waals surface area contributed by atoms with Gasteiger partial charge >= 0.3 is 0 Å². The topological polar surface area (TPSA) is 15.3 Å². The Morgan fingerprint density at radius 2 is 1.61 bits per heavy atom. The first kappa shape index (κ1) is 14.3. The Kier molecular flexibility index (Phi) is 5.08. The molecule has 1 N–H and O–H groups in total. The lowest BCUT2D eigenvalue weighted by atomic mass is 9.76. The monoisotopic (exact) mass is 252 g/mol.